The van der Waals surface area contributed by atoms with Gasteiger partial charge in [-0.1, -0.05) is 101 Å². The zero-order valence-electron chi connectivity index (χ0n) is 33.8. The molecule has 0 aliphatic carbocycles. The summed E-state index contributed by atoms with van der Waals surface area (Å²) in [5.41, 5.74) is 8.58. The van der Waals surface area contributed by atoms with E-state index in [1.54, 1.807) is 0 Å². The Morgan fingerprint density at radius 3 is 1.92 bits per heavy atom. The number of ketones is 1. The number of aryl methyl sites for hydroxylation is 3. The van der Waals surface area contributed by atoms with E-state index in [0.29, 0.717) is 12.5 Å². The summed E-state index contributed by atoms with van der Waals surface area (Å²) in [7, 11) is 2.17. The van der Waals surface area contributed by atoms with E-state index in [2.05, 4.69) is 101 Å². The van der Waals surface area contributed by atoms with Crippen LogP contribution in [0.3, 0.4) is 0 Å². The molecule has 2 aromatic rings. The van der Waals surface area contributed by atoms with Gasteiger partial charge in [-0.15, -0.1) is 6.58 Å². The minimum atomic E-state index is -0.197. The Kier molecular flexibility index (Phi) is 33.1. The van der Waals surface area contributed by atoms with Gasteiger partial charge in [0.2, 0.25) is 0 Å². The first-order chi connectivity index (χ1) is 23.1. The first-order valence-corrected chi connectivity index (χ1v) is 18.4. The van der Waals surface area contributed by atoms with Crippen LogP contribution in [0.4, 0.5) is 0 Å². The summed E-state index contributed by atoms with van der Waals surface area (Å²) in [6.07, 6.45) is 7.79. The molecule has 278 valence electrons. The molecule has 0 spiro atoms. The number of benzene rings is 2. The minimum Gasteiger partial charge on any atom is -0.466 e. The quantitative estimate of drug-likeness (QED) is 0.173. The molecule has 3 rings (SSSR count). The molecule has 1 heterocycles. The van der Waals surface area contributed by atoms with Crippen LogP contribution in [0, 0.1) is 19.8 Å². The number of Topliss-reactive ketones (excluding diaryl/α,β-unsaturated/α-hetero) is 1. The van der Waals surface area contributed by atoms with Crippen LogP contribution in [-0.2, 0) is 20.7 Å². The van der Waals surface area contributed by atoms with Gasteiger partial charge in [0.25, 0.3) is 0 Å². The highest BCUT2D eigenvalue weighted by Crippen LogP contribution is 2.20. The molecule has 5 nitrogen and oxygen atoms in total. The molecule has 6 heteroatoms. The molecular weight excluding hydrogens is 628 g/mol. The zero-order valence-corrected chi connectivity index (χ0v) is 34.5. The van der Waals surface area contributed by atoms with E-state index in [1.807, 2.05) is 39.8 Å². The minimum absolute atomic E-state index is 0.167. The van der Waals surface area contributed by atoms with Gasteiger partial charge < -0.3 is 14.4 Å². The summed E-state index contributed by atoms with van der Waals surface area (Å²) in [6, 6.07) is 14.6. The molecule has 0 fully saturated rings. The third-order valence-electron chi connectivity index (χ3n) is 6.69. The van der Waals surface area contributed by atoms with Crippen molar-refractivity contribution in [3.8, 4) is 0 Å². The van der Waals surface area contributed by atoms with Gasteiger partial charge in [-0.2, -0.15) is 0 Å². The van der Waals surface area contributed by atoms with Crippen LogP contribution >= 0.6 is 11.6 Å². The van der Waals surface area contributed by atoms with Gasteiger partial charge in [-0.25, -0.2) is 0 Å². The summed E-state index contributed by atoms with van der Waals surface area (Å²) < 4.78 is 4.87. The van der Waals surface area contributed by atoms with Crippen molar-refractivity contribution in [1.82, 2.24) is 4.90 Å². The third-order valence-corrected chi connectivity index (χ3v) is 7.23. The highest BCUT2D eigenvalue weighted by atomic mass is 35.5. The lowest BCUT2D eigenvalue weighted by Gasteiger charge is -2.12. The van der Waals surface area contributed by atoms with E-state index < -0.39 is 0 Å². The molecule has 0 radical (unpaired) electrons. The fourth-order valence-electron chi connectivity index (χ4n) is 4.21. The number of allylic oxidation sites excluding steroid dienone is 2. The summed E-state index contributed by atoms with van der Waals surface area (Å²) in [5.74, 6) is 0.405. The number of rotatable bonds is 11. The molecule has 1 unspecified atom stereocenters. The van der Waals surface area contributed by atoms with Crippen LogP contribution in [0.2, 0.25) is 5.02 Å². The number of ether oxygens (including phenoxy) is 1. The Labute approximate surface area is 307 Å². The van der Waals surface area contributed by atoms with Crippen LogP contribution in [0.25, 0.3) is 0 Å². The van der Waals surface area contributed by atoms with Gasteiger partial charge >= 0.3 is 5.97 Å². The molecule has 0 bridgehead atoms. The van der Waals surface area contributed by atoms with Gasteiger partial charge in [0.1, 0.15) is 5.78 Å². The maximum absolute atomic E-state index is 10.4. The average Bonchev–Trinajstić information content (AvgIpc) is 3.48. The van der Waals surface area contributed by atoms with E-state index in [9.17, 15) is 9.59 Å². The highest BCUT2D eigenvalue weighted by molar-refractivity contribution is 6.32. The van der Waals surface area contributed by atoms with E-state index in [4.69, 9.17) is 16.3 Å². The second-order valence-electron chi connectivity index (χ2n) is 12.6. The number of halogens is 1. The topological polar surface area (TPSA) is 59.0 Å². The Morgan fingerprint density at radius 2 is 1.51 bits per heavy atom. The lowest BCUT2D eigenvalue weighted by atomic mass is 10.0. The second kappa shape index (κ2) is 32.2. The molecule has 0 aromatic heterocycles. The number of hydrogen-bond acceptors (Lipinski definition) is 5. The predicted molar refractivity (Wildman–Crippen MR) is 218 cm³/mol. The van der Waals surface area contributed by atoms with Crippen molar-refractivity contribution in [3.05, 3.63) is 93.5 Å². The first kappa shape index (κ1) is 50.4. The van der Waals surface area contributed by atoms with Gasteiger partial charge in [-0.3, -0.25) is 9.79 Å². The van der Waals surface area contributed by atoms with Crippen LogP contribution in [0.5, 0.6) is 0 Å². The monoisotopic (exact) mass is 699 g/mol. The SMILES string of the molecule is C=C(C)CCC(C)COC(C)=O.CC.CC(C)=O.CC1=CC(c2cccc(C)c2)=NC1.CCCN(C)CCC.CCc1cccc(C)c1Cl. The van der Waals surface area contributed by atoms with Crippen LogP contribution in [0.15, 0.2) is 71.3 Å². The van der Waals surface area contributed by atoms with Crippen LogP contribution in [0.1, 0.15) is 124 Å². The molecule has 2 aromatic carbocycles. The summed E-state index contributed by atoms with van der Waals surface area (Å²) in [6.45, 7) is 33.1. The van der Waals surface area contributed by atoms with Gasteiger partial charge in [-0.05, 0) is 134 Å². The Hall–Kier alpha value is -3.02. The molecule has 0 amide bonds. The highest BCUT2D eigenvalue weighted by Gasteiger charge is 2.06. The second-order valence-corrected chi connectivity index (χ2v) is 13.0. The smallest absolute Gasteiger partial charge is 0.302 e. The summed E-state index contributed by atoms with van der Waals surface area (Å²) >= 11 is 5.99. The van der Waals surface area contributed by atoms with Crippen molar-refractivity contribution < 1.29 is 14.3 Å². The number of carbonyl (C=O) groups is 2. The summed E-state index contributed by atoms with van der Waals surface area (Å²) in [5, 5.41) is 0.921. The number of nitrogens with zero attached hydrogens (tertiary/aromatic N) is 2. The molecule has 0 N–H and O–H groups in total. The van der Waals surface area contributed by atoms with Crippen molar-refractivity contribution in [2.45, 2.75) is 122 Å². The van der Waals surface area contributed by atoms with Gasteiger partial charge in [0.05, 0.1) is 18.9 Å². The molecule has 0 saturated carbocycles. The number of esters is 1. The molecule has 1 atom stereocenters. The van der Waals surface area contributed by atoms with Gasteiger partial charge in [0, 0.05) is 11.9 Å². The fraction of sp³-hybridized carbons (Fsp3) is 0.558. The molecule has 1 aliphatic rings. The molecule has 49 heavy (non-hydrogen) atoms. The van der Waals surface area contributed by atoms with Crippen molar-refractivity contribution in [2.24, 2.45) is 10.9 Å². The number of carbonyl (C=O) groups excluding carboxylic acids is 2. The Bertz CT molecular complexity index is 1220. The first-order valence-electron chi connectivity index (χ1n) is 18.0. The van der Waals surface area contributed by atoms with Crippen molar-refractivity contribution in [3.63, 3.8) is 0 Å². The zero-order chi connectivity index (χ0) is 38.4. The molecule has 0 saturated heterocycles. The number of aliphatic imine (C=N–C) groups is 1. The normalized spacial score (nSPS) is 11.5. The third kappa shape index (κ3) is 30.8. The maximum atomic E-state index is 10.4. The standard InChI is InChI=1S/C12H13N.C10H18O2.C9H11Cl.C7H17N.C3H6O.C2H6/c1-9-4-3-5-11(6-9)12-7-10(2)8-13-12;1-8(2)5-6-9(3)7-12-10(4)11;1-3-8-6-4-5-7(2)9(8)10;1-4-6-8(3)7-5-2;1-3(2)4;1-2/h3-7H,8H2,1-2H3;9H,1,5-7H2,2-4H3;4-6H,3H2,1-2H3;4-7H2,1-3H3;1-2H3;1-2H3. The summed E-state index contributed by atoms with van der Waals surface area (Å²) in [4.78, 5) is 26.7. The van der Waals surface area contributed by atoms with Crippen molar-refractivity contribution >= 4 is 29.1 Å². The van der Waals surface area contributed by atoms with E-state index >= 15 is 0 Å². The predicted octanol–water partition coefficient (Wildman–Crippen LogP) is 11.9. The fourth-order valence-corrected chi connectivity index (χ4v) is 4.47. The Balaban J connectivity index is -0.000000553. The lowest BCUT2D eigenvalue weighted by molar-refractivity contribution is -0.142. The van der Waals surface area contributed by atoms with E-state index in [-0.39, 0.29) is 11.8 Å². The van der Waals surface area contributed by atoms with E-state index in [0.717, 1.165) is 36.5 Å². The lowest BCUT2D eigenvalue weighted by Crippen LogP contribution is -2.19. The maximum Gasteiger partial charge on any atom is 0.302 e. The van der Waals surface area contributed by atoms with Crippen molar-refractivity contribution in [1.29, 1.82) is 0 Å². The van der Waals surface area contributed by atoms with Crippen LogP contribution < -0.4 is 0 Å². The largest absolute Gasteiger partial charge is 0.466 e. The van der Waals surface area contributed by atoms with E-state index in [1.165, 1.54) is 80.1 Å². The average molecular weight is 700 g/mol. The van der Waals surface area contributed by atoms with Crippen molar-refractivity contribution in [2.75, 3.05) is 33.3 Å². The Morgan fingerprint density at radius 1 is 0.959 bits per heavy atom. The van der Waals surface area contributed by atoms with Crippen LogP contribution in [-0.4, -0.2) is 55.7 Å². The molecular formula is C43H71ClN2O3. The van der Waals surface area contributed by atoms with Gasteiger partial charge in [0.15, 0.2) is 0 Å². The molecule has 1 aliphatic heterocycles. The number of hydrogen-bond donors (Lipinski definition) is 0.